The first kappa shape index (κ1) is 56.5. The molecule has 76 heavy (non-hydrogen) atoms. The molecular formula is C56H74ClN11O7S. The van der Waals surface area contributed by atoms with Gasteiger partial charge >= 0.3 is 0 Å². The van der Waals surface area contributed by atoms with Crippen molar-refractivity contribution in [1.29, 1.82) is 5.26 Å². The first-order valence-electron chi connectivity index (χ1n) is 26.3. The van der Waals surface area contributed by atoms with Crippen LogP contribution in [0.1, 0.15) is 88.1 Å². The molecule has 3 saturated heterocycles. The second-order valence-electron chi connectivity index (χ2n) is 23.0. The number of halogens is 1. The van der Waals surface area contributed by atoms with Crippen molar-refractivity contribution in [3.63, 3.8) is 0 Å². The maximum Gasteiger partial charge on any atom is 0.253 e. The summed E-state index contributed by atoms with van der Waals surface area (Å²) in [5.41, 5.74) is 3.82. The Labute approximate surface area is 455 Å². The number of carbonyl (C=O) groups is 4. The van der Waals surface area contributed by atoms with Crippen molar-refractivity contribution in [2.24, 2.45) is 16.2 Å². The number of thiazole rings is 1. The van der Waals surface area contributed by atoms with Gasteiger partial charge in [-0.3, -0.25) is 33.9 Å². The number of pyridine rings is 1. The predicted molar refractivity (Wildman–Crippen MR) is 293 cm³/mol. The van der Waals surface area contributed by atoms with Crippen LogP contribution in [0.5, 0.6) is 5.75 Å². The van der Waals surface area contributed by atoms with Gasteiger partial charge in [0.15, 0.2) is 0 Å². The molecule has 4 aliphatic rings. The molecule has 2 unspecified atom stereocenters. The van der Waals surface area contributed by atoms with Gasteiger partial charge in [-0.2, -0.15) is 5.26 Å². The Bertz CT molecular complexity index is 2730. The molecule has 0 spiro atoms. The number of nitrogens with one attached hydrogen (secondary N) is 3. The fourth-order valence-electron chi connectivity index (χ4n) is 11.7. The maximum atomic E-state index is 14.3. The van der Waals surface area contributed by atoms with Gasteiger partial charge in [-0.15, -0.1) is 11.3 Å². The third kappa shape index (κ3) is 12.7. The van der Waals surface area contributed by atoms with Crippen LogP contribution in [0.2, 0.25) is 5.02 Å². The van der Waals surface area contributed by atoms with Crippen molar-refractivity contribution in [3.05, 3.63) is 93.7 Å². The highest BCUT2D eigenvalue weighted by Gasteiger charge is 2.64. The number of rotatable bonds is 17. The SMILES string of the molecule is Cc1ncsc1-c1ccc(C(CO)NC(=O)[C@@H]2CC(O)CN2C(=O)[C@@H](NC(=O)CN2CCN(CCN3CCN(c4ccc(C(=O)NC5C(C)(C)C(Oc6ccc(C#N)c(Cl)c6)C5(C)C)cn4)CC3)CC2)C(C)(C)C)cc1. The van der Waals surface area contributed by atoms with E-state index < -0.39 is 41.5 Å². The number of nitrogens with zero attached hydrogens (tertiary/aromatic N) is 8. The number of ether oxygens (including phenoxy) is 1. The van der Waals surface area contributed by atoms with Crippen LogP contribution in [0.3, 0.4) is 0 Å². The monoisotopic (exact) mass is 1080 g/mol. The summed E-state index contributed by atoms with van der Waals surface area (Å²) in [5, 5.41) is 39.8. The van der Waals surface area contributed by atoms with Crippen LogP contribution < -0.4 is 25.6 Å². The molecule has 2 aromatic carbocycles. The first-order valence-corrected chi connectivity index (χ1v) is 27.6. The molecule has 1 saturated carbocycles. The van der Waals surface area contributed by atoms with Crippen molar-refractivity contribution in [2.75, 3.05) is 90.0 Å². The van der Waals surface area contributed by atoms with Gasteiger partial charge in [-0.1, -0.05) is 84.3 Å². The Morgan fingerprint density at radius 3 is 2.11 bits per heavy atom. The summed E-state index contributed by atoms with van der Waals surface area (Å²) in [6, 6.07) is 15.6. The van der Waals surface area contributed by atoms with E-state index in [1.807, 2.05) is 64.1 Å². The topological polar surface area (TPSA) is 220 Å². The number of hydrogen-bond acceptors (Lipinski definition) is 15. The zero-order valence-electron chi connectivity index (χ0n) is 45.0. The van der Waals surface area contributed by atoms with E-state index in [2.05, 4.69) is 74.3 Å². The van der Waals surface area contributed by atoms with Crippen molar-refractivity contribution in [2.45, 2.75) is 98.2 Å². The molecule has 4 fully saturated rings. The fraction of sp³-hybridized carbons (Fsp3) is 0.554. The number of piperazine rings is 2. The van der Waals surface area contributed by atoms with E-state index in [9.17, 15) is 34.7 Å². The number of anilines is 1. The van der Waals surface area contributed by atoms with E-state index in [1.54, 1.807) is 29.9 Å². The largest absolute Gasteiger partial charge is 0.489 e. The number of β-amino-alcohol motifs (C(OH)–C–C–N with tert-alkyl or cyclic N) is 1. The van der Waals surface area contributed by atoms with Crippen LogP contribution in [0.4, 0.5) is 5.82 Å². The predicted octanol–water partition coefficient (Wildman–Crippen LogP) is 4.73. The van der Waals surface area contributed by atoms with Crippen LogP contribution in [-0.4, -0.2) is 179 Å². The molecule has 0 bridgehead atoms. The van der Waals surface area contributed by atoms with Crippen molar-refractivity contribution < 1.29 is 34.1 Å². The molecule has 20 heteroatoms. The molecule has 5 N–H and O–H groups in total. The van der Waals surface area contributed by atoms with Gasteiger partial charge in [-0.05, 0) is 47.7 Å². The van der Waals surface area contributed by atoms with Gasteiger partial charge in [0.05, 0.1) is 57.5 Å². The molecule has 18 nitrogen and oxygen atoms in total. The smallest absolute Gasteiger partial charge is 0.253 e. The van der Waals surface area contributed by atoms with Crippen LogP contribution in [0.15, 0.2) is 66.3 Å². The maximum absolute atomic E-state index is 14.3. The van der Waals surface area contributed by atoms with Crippen LogP contribution >= 0.6 is 22.9 Å². The van der Waals surface area contributed by atoms with E-state index in [-0.39, 0.29) is 60.9 Å². The number of carbonyl (C=O) groups excluding carboxylic acids is 4. The second-order valence-corrected chi connectivity index (χ2v) is 24.3. The van der Waals surface area contributed by atoms with E-state index in [4.69, 9.17) is 21.3 Å². The van der Waals surface area contributed by atoms with Crippen LogP contribution in [0.25, 0.3) is 10.4 Å². The average molecular weight is 1080 g/mol. The summed E-state index contributed by atoms with van der Waals surface area (Å²) in [6.07, 6.45) is 0.562. The molecule has 3 aliphatic heterocycles. The van der Waals surface area contributed by atoms with Gasteiger partial charge in [0.2, 0.25) is 17.7 Å². The van der Waals surface area contributed by atoms with Crippen LogP contribution in [-0.2, 0) is 14.4 Å². The van der Waals surface area contributed by atoms with Gasteiger partial charge in [0.1, 0.15) is 35.8 Å². The van der Waals surface area contributed by atoms with Crippen molar-refractivity contribution in [1.82, 2.24) is 45.5 Å². The minimum absolute atomic E-state index is 0.0408. The molecule has 4 amide bonds. The number of likely N-dealkylation sites (tertiary alicyclic amines) is 1. The van der Waals surface area contributed by atoms with Gasteiger partial charge in [0.25, 0.3) is 5.91 Å². The van der Waals surface area contributed by atoms with E-state index >= 15 is 0 Å². The van der Waals surface area contributed by atoms with Gasteiger partial charge in [0, 0.05) is 108 Å². The average Bonchev–Trinajstić information content (AvgIpc) is 4.09. The number of nitriles is 1. The number of benzene rings is 2. The lowest BCUT2D eigenvalue weighted by Crippen LogP contribution is -2.74. The lowest BCUT2D eigenvalue weighted by atomic mass is 9.49. The number of aliphatic hydroxyl groups excluding tert-OH is 2. The van der Waals surface area contributed by atoms with Gasteiger partial charge < -0.3 is 40.7 Å². The molecule has 4 atom stereocenters. The quantitative estimate of drug-likeness (QED) is 0.0966. The molecule has 2 aromatic heterocycles. The Kier molecular flexibility index (Phi) is 17.5. The lowest BCUT2D eigenvalue weighted by molar-refractivity contribution is -0.164. The second kappa shape index (κ2) is 23.5. The third-order valence-corrected chi connectivity index (χ3v) is 17.1. The zero-order chi connectivity index (χ0) is 54.7. The zero-order valence-corrected chi connectivity index (χ0v) is 46.6. The molecule has 4 aromatic rings. The number of aryl methyl sites for hydroxylation is 1. The molecule has 8 rings (SSSR count). The Morgan fingerprint density at radius 1 is 0.895 bits per heavy atom. The van der Waals surface area contributed by atoms with Crippen molar-refractivity contribution in [3.8, 4) is 22.3 Å². The molecule has 1 aliphatic carbocycles. The van der Waals surface area contributed by atoms with Crippen molar-refractivity contribution >= 4 is 52.4 Å². The summed E-state index contributed by atoms with van der Waals surface area (Å²) < 4.78 is 6.39. The Hall–Kier alpha value is -5.72. The summed E-state index contributed by atoms with van der Waals surface area (Å²) in [7, 11) is 0. The minimum Gasteiger partial charge on any atom is -0.489 e. The normalized spacial score (nSPS) is 22.7. The number of amides is 4. The molecule has 408 valence electrons. The molecule has 0 radical (unpaired) electrons. The number of aliphatic hydroxyl groups is 2. The highest BCUT2D eigenvalue weighted by molar-refractivity contribution is 7.13. The summed E-state index contributed by atoms with van der Waals surface area (Å²) in [5.74, 6) is 0.0377. The Balaban J connectivity index is 0.748. The lowest BCUT2D eigenvalue weighted by Gasteiger charge is -2.63. The van der Waals surface area contributed by atoms with Crippen LogP contribution in [0, 0.1) is 34.5 Å². The highest BCUT2D eigenvalue weighted by Crippen LogP contribution is 2.55. The third-order valence-electron chi connectivity index (χ3n) is 15.8. The van der Waals surface area contributed by atoms with Gasteiger partial charge in [-0.25, -0.2) is 9.97 Å². The highest BCUT2D eigenvalue weighted by atomic mass is 35.5. The van der Waals surface area contributed by atoms with E-state index in [0.29, 0.717) is 40.6 Å². The van der Waals surface area contributed by atoms with E-state index in [1.165, 1.54) is 16.2 Å². The fourth-order valence-corrected chi connectivity index (χ4v) is 12.7. The minimum atomic E-state index is -0.980. The number of aromatic nitrogens is 2. The molecular weight excluding hydrogens is 1010 g/mol. The van der Waals surface area contributed by atoms with E-state index in [0.717, 1.165) is 74.3 Å². The standard InChI is InChI=1S/C56H74ClN11O7S/c1-35-47(76-34-60-35)37-11-9-36(10-12-37)43(33-69)61-50(73)44-27-40(70)31-68(44)51(74)48(54(2,3)4)62-46(71)32-66-21-19-64(20-22-66)17-18-65-23-25-67(26-24-65)45-16-14-39(30-59-45)49(72)63-52-55(5,6)53(56(52,7)8)75-41-15-13-38(29-58)42(57)28-41/h9-16,28,30,34,40,43-44,48,52-53,69-70H,17-27,31-33H2,1-8H3,(H,61,73)(H,62,71)(H,63,72)/t40?,43?,44-,48+,52?,53?/m0/s1. The summed E-state index contributed by atoms with van der Waals surface area (Å²) >= 11 is 7.81. The number of hydrogen-bond donors (Lipinski definition) is 5. The summed E-state index contributed by atoms with van der Waals surface area (Å²) in [6.45, 7) is 23.8. The Morgan fingerprint density at radius 2 is 1.54 bits per heavy atom. The molecule has 5 heterocycles. The first-order chi connectivity index (χ1) is 36.1. The summed E-state index contributed by atoms with van der Waals surface area (Å²) in [4.78, 5) is 76.0.